The van der Waals surface area contributed by atoms with Gasteiger partial charge in [0.2, 0.25) is 0 Å². The molecular weight excluding hydrogens is 382 g/mol. The van der Waals surface area contributed by atoms with Gasteiger partial charge < -0.3 is 4.74 Å². The maximum atomic E-state index is 8.98. The van der Waals surface area contributed by atoms with Gasteiger partial charge in [-0.25, -0.2) is 0 Å². The molecule has 2 aliphatic heterocycles. The van der Waals surface area contributed by atoms with Crippen LogP contribution in [0.25, 0.3) is 0 Å². The fourth-order valence-electron chi connectivity index (χ4n) is 4.77. The van der Waals surface area contributed by atoms with Gasteiger partial charge in [-0.1, -0.05) is 23.7 Å². The molecule has 0 bridgehead atoms. The van der Waals surface area contributed by atoms with Crippen LogP contribution in [0.2, 0.25) is 5.02 Å². The smallest absolute Gasteiger partial charge is 0.101 e. The molecule has 5 heteroatoms. The Morgan fingerprint density at radius 2 is 2.00 bits per heavy atom. The molecule has 2 aliphatic rings. The molecule has 0 saturated carbocycles. The quantitative estimate of drug-likeness (QED) is 0.673. The Labute approximate surface area is 178 Å². The summed E-state index contributed by atoms with van der Waals surface area (Å²) in [5.41, 5.74) is 3.13. The molecule has 0 radical (unpaired) electrons. The predicted octanol–water partition coefficient (Wildman–Crippen LogP) is 5.00. The summed E-state index contributed by atoms with van der Waals surface area (Å²) in [6, 6.07) is 14.2. The van der Waals surface area contributed by atoms with E-state index in [0.717, 1.165) is 56.0 Å². The van der Waals surface area contributed by atoms with Gasteiger partial charge in [-0.3, -0.25) is 9.88 Å². The van der Waals surface area contributed by atoms with Crippen molar-refractivity contribution in [3.05, 3.63) is 64.4 Å². The fourth-order valence-corrected chi connectivity index (χ4v) is 4.90. The van der Waals surface area contributed by atoms with Crippen molar-refractivity contribution in [1.82, 2.24) is 9.88 Å². The lowest BCUT2D eigenvalue weighted by Gasteiger charge is -2.52. The molecule has 152 valence electrons. The average molecular weight is 410 g/mol. The number of nitrogens with zero attached hydrogens (tertiary/aromatic N) is 3. The van der Waals surface area contributed by atoms with Gasteiger partial charge in [-0.15, -0.1) is 0 Å². The molecule has 0 spiro atoms. The third-order valence-electron chi connectivity index (χ3n) is 6.44. The van der Waals surface area contributed by atoms with Crippen LogP contribution in [0.4, 0.5) is 0 Å². The SMILES string of the molecule is CC1(C)CC([C@]2(CCc3ccc(C#N)cn3)CCN(Cc3ccc(Cl)cc3)C2)O1. The van der Waals surface area contributed by atoms with Gasteiger partial charge in [-0.05, 0) is 69.5 Å². The number of ether oxygens (including phenoxy) is 1. The van der Waals surface area contributed by atoms with E-state index in [0.29, 0.717) is 11.7 Å². The zero-order valence-electron chi connectivity index (χ0n) is 17.2. The third kappa shape index (κ3) is 4.64. The van der Waals surface area contributed by atoms with Crippen molar-refractivity contribution in [2.45, 2.75) is 57.8 Å². The largest absolute Gasteiger partial charge is 0.372 e. The Bertz CT molecular complexity index is 880. The molecule has 2 fully saturated rings. The Morgan fingerprint density at radius 3 is 2.62 bits per heavy atom. The van der Waals surface area contributed by atoms with E-state index in [9.17, 15) is 0 Å². The van der Waals surface area contributed by atoms with Gasteiger partial charge in [0.25, 0.3) is 0 Å². The molecule has 3 heterocycles. The summed E-state index contributed by atoms with van der Waals surface area (Å²) in [7, 11) is 0. The standard InChI is InChI=1S/C24H28ClN3O/c1-23(2)13-22(29-23)24(10-9-21-8-5-19(14-26)15-27-21)11-12-28(17-24)16-18-3-6-20(25)7-4-18/h3-8,15,22H,9-13,16-17H2,1-2H3/t22?,24-/m1/s1. The summed E-state index contributed by atoms with van der Waals surface area (Å²) in [6.07, 6.45) is 6.23. The second-order valence-electron chi connectivity index (χ2n) is 9.17. The summed E-state index contributed by atoms with van der Waals surface area (Å²) in [5, 5.41) is 9.76. The van der Waals surface area contributed by atoms with Crippen LogP contribution < -0.4 is 0 Å². The minimum absolute atomic E-state index is 0.00599. The molecular formula is C24H28ClN3O. The summed E-state index contributed by atoms with van der Waals surface area (Å²) in [4.78, 5) is 7.02. The van der Waals surface area contributed by atoms with E-state index in [1.54, 1.807) is 6.20 Å². The lowest BCUT2D eigenvalue weighted by atomic mass is 9.70. The molecule has 2 aromatic rings. The van der Waals surface area contributed by atoms with Gasteiger partial charge >= 0.3 is 0 Å². The molecule has 4 nitrogen and oxygen atoms in total. The number of aryl methyl sites for hydroxylation is 1. The Morgan fingerprint density at radius 1 is 1.24 bits per heavy atom. The first-order valence-corrected chi connectivity index (χ1v) is 10.7. The summed E-state index contributed by atoms with van der Waals surface area (Å²) < 4.78 is 6.35. The first-order valence-electron chi connectivity index (χ1n) is 10.4. The summed E-state index contributed by atoms with van der Waals surface area (Å²) in [6.45, 7) is 7.44. The topological polar surface area (TPSA) is 49.2 Å². The second kappa shape index (κ2) is 8.07. The van der Waals surface area contributed by atoms with Crippen molar-refractivity contribution < 1.29 is 4.74 Å². The average Bonchev–Trinajstić information content (AvgIpc) is 3.10. The van der Waals surface area contributed by atoms with Crippen molar-refractivity contribution >= 4 is 11.6 Å². The molecule has 1 unspecified atom stereocenters. The number of aromatic nitrogens is 1. The highest BCUT2D eigenvalue weighted by atomic mass is 35.5. The zero-order chi connectivity index (χ0) is 20.5. The molecule has 29 heavy (non-hydrogen) atoms. The molecule has 1 aromatic heterocycles. The Kier molecular flexibility index (Phi) is 5.66. The van der Waals surface area contributed by atoms with Crippen LogP contribution in [-0.2, 0) is 17.7 Å². The van der Waals surface area contributed by atoms with Crippen LogP contribution in [0.15, 0.2) is 42.6 Å². The summed E-state index contributed by atoms with van der Waals surface area (Å²) >= 11 is 6.03. The molecule has 4 rings (SSSR count). The van der Waals surface area contributed by atoms with Gasteiger partial charge in [0.05, 0.1) is 17.3 Å². The van der Waals surface area contributed by atoms with Gasteiger partial charge in [0, 0.05) is 41.8 Å². The molecule has 0 N–H and O–H groups in total. The predicted molar refractivity (Wildman–Crippen MR) is 115 cm³/mol. The number of nitriles is 1. The van der Waals surface area contributed by atoms with E-state index in [4.69, 9.17) is 21.6 Å². The molecule has 1 aromatic carbocycles. The van der Waals surface area contributed by atoms with Crippen molar-refractivity contribution in [3.63, 3.8) is 0 Å². The van der Waals surface area contributed by atoms with Gasteiger partial charge in [-0.2, -0.15) is 5.26 Å². The van der Waals surface area contributed by atoms with Gasteiger partial charge in [0.15, 0.2) is 0 Å². The van der Waals surface area contributed by atoms with Crippen LogP contribution in [0.3, 0.4) is 0 Å². The number of benzene rings is 1. The fraction of sp³-hybridized carbons (Fsp3) is 0.500. The van der Waals surface area contributed by atoms with Crippen LogP contribution >= 0.6 is 11.6 Å². The van der Waals surface area contributed by atoms with Crippen LogP contribution in [0.1, 0.15) is 49.9 Å². The van der Waals surface area contributed by atoms with Crippen molar-refractivity contribution in [1.29, 1.82) is 5.26 Å². The van der Waals surface area contributed by atoms with Crippen molar-refractivity contribution in [2.24, 2.45) is 5.41 Å². The molecule has 2 saturated heterocycles. The maximum Gasteiger partial charge on any atom is 0.101 e. The molecule has 0 amide bonds. The van der Waals surface area contributed by atoms with E-state index >= 15 is 0 Å². The Balaban J connectivity index is 1.45. The van der Waals surface area contributed by atoms with Crippen LogP contribution in [0, 0.1) is 16.7 Å². The van der Waals surface area contributed by atoms with Crippen molar-refractivity contribution in [3.8, 4) is 6.07 Å². The highest BCUT2D eigenvalue weighted by Gasteiger charge is 2.52. The maximum absolute atomic E-state index is 8.98. The highest BCUT2D eigenvalue weighted by Crippen LogP contribution is 2.49. The number of rotatable bonds is 6. The highest BCUT2D eigenvalue weighted by molar-refractivity contribution is 6.30. The molecule has 2 atom stereocenters. The molecule has 0 aliphatic carbocycles. The second-order valence-corrected chi connectivity index (χ2v) is 9.61. The lowest BCUT2D eigenvalue weighted by Crippen LogP contribution is -2.55. The number of hydrogen-bond acceptors (Lipinski definition) is 4. The third-order valence-corrected chi connectivity index (χ3v) is 6.69. The van der Waals surface area contributed by atoms with Gasteiger partial charge in [0.1, 0.15) is 6.07 Å². The zero-order valence-corrected chi connectivity index (χ0v) is 18.0. The Hall–Kier alpha value is -1.93. The minimum Gasteiger partial charge on any atom is -0.372 e. The van der Waals surface area contributed by atoms with E-state index in [-0.39, 0.29) is 11.0 Å². The number of pyridine rings is 1. The van der Waals surface area contributed by atoms with Crippen LogP contribution in [0.5, 0.6) is 0 Å². The summed E-state index contributed by atoms with van der Waals surface area (Å²) in [5.74, 6) is 0. The minimum atomic E-state index is -0.00599. The van der Waals surface area contributed by atoms with E-state index in [1.807, 2.05) is 24.3 Å². The number of halogens is 1. The number of hydrogen-bond donors (Lipinski definition) is 0. The first-order chi connectivity index (χ1) is 13.9. The van der Waals surface area contributed by atoms with E-state index < -0.39 is 0 Å². The lowest BCUT2D eigenvalue weighted by molar-refractivity contribution is -0.230. The number of likely N-dealkylation sites (tertiary alicyclic amines) is 1. The monoisotopic (exact) mass is 409 g/mol. The first kappa shape index (κ1) is 20.3. The van der Waals surface area contributed by atoms with E-state index in [2.05, 4.69) is 41.9 Å². The normalized spacial score (nSPS) is 26.1. The van der Waals surface area contributed by atoms with E-state index in [1.165, 1.54) is 5.56 Å². The van der Waals surface area contributed by atoms with Crippen LogP contribution in [-0.4, -0.2) is 34.7 Å². The van der Waals surface area contributed by atoms with Crippen molar-refractivity contribution in [2.75, 3.05) is 13.1 Å².